The Bertz CT molecular complexity index is 324. The van der Waals surface area contributed by atoms with E-state index >= 15 is 0 Å². The molecule has 1 aliphatic heterocycles. The maximum Gasteiger partial charge on any atom is 0.306 e. The van der Waals surface area contributed by atoms with Gasteiger partial charge in [0.1, 0.15) is 0 Å². The van der Waals surface area contributed by atoms with Crippen LogP contribution in [0.15, 0.2) is 0 Å². The Morgan fingerprint density at radius 2 is 2.11 bits per heavy atom. The second-order valence-electron chi connectivity index (χ2n) is 7.05. The molecular formula is C16H28O3. The van der Waals surface area contributed by atoms with Crippen LogP contribution >= 0.6 is 0 Å². The van der Waals surface area contributed by atoms with Crippen molar-refractivity contribution in [1.82, 2.24) is 0 Å². The van der Waals surface area contributed by atoms with E-state index in [0.717, 1.165) is 25.7 Å². The molecule has 19 heavy (non-hydrogen) atoms. The summed E-state index contributed by atoms with van der Waals surface area (Å²) < 4.78 is 11.0. The average Bonchev–Trinajstić information content (AvgIpc) is 3.13. The van der Waals surface area contributed by atoms with Crippen LogP contribution in [0.25, 0.3) is 0 Å². The zero-order valence-electron chi connectivity index (χ0n) is 12.8. The molecule has 0 amide bonds. The van der Waals surface area contributed by atoms with E-state index in [1.54, 1.807) is 0 Å². The number of hydrogen-bond acceptors (Lipinski definition) is 3. The molecule has 2 fully saturated rings. The fourth-order valence-electron chi connectivity index (χ4n) is 3.00. The first-order chi connectivity index (χ1) is 8.92. The molecule has 2 aliphatic rings. The van der Waals surface area contributed by atoms with Gasteiger partial charge in [0.05, 0.1) is 25.2 Å². The molecule has 0 radical (unpaired) electrons. The van der Waals surface area contributed by atoms with Crippen molar-refractivity contribution < 1.29 is 14.3 Å². The maximum absolute atomic E-state index is 12.0. The number of esters is 1. The van der Waals surface area contributed by atoms with Gasteiger partial charge in [-0.15, -0.1) is 0 Å². The van der Waals surface area contributed by atoms with Crippen LogP contribution in [0.3, 0.4) is 0 Å². The van der Waals surface area contributed by atoms with Gasteiger partial charge in [-0.05, 0) is 36.5 Å². The molecule has 110 valence electrons. The minimum atomic E-state index is -0.0378. The molecule has 3 heteroatoms. The summed E-state index contributed by atoms with van der Waals surface area (Å²) in [5, 5.41) is 0. The summed E-state index contributed by atoms with van der Waals surface area (Å²) in [7, 11) is 0. The third kappa shape index (κ3) is 3.95. The zero-order chi connectivity index (χ0) is 14.0. The van der Waals surface area contributed by atoms with Gasteiger partial charge in [0.25, 0.3) is 0 Å². The molecule has 1 saturated carbocycles. The molecular weight excluding hydrogens is 240 g/mol. The molecule has 1 aliphatic carbocycles. The first-order valence-corrected chi connectivity index (χ1v) is 7.73. The average molecular weight is 268 g/mol. The maximum atomic E-state index is 12.0. The first-order valence-electron chi connectivity index (χ1n) is 7.73. The van der Waals surface area contributed by atoms with Crippen molar-refractivity contribution in [2.75, 3.05) is 6.61 Å². The van der Waals surface area contributed by atoms with Gasteiger partial charge in [-0.2, -0.15) is 0 Å². The molecule has 2 rings (SSSR count). The largest absolute Gasteiger partial charge is 0.465 e. The summed E-state index contributed by atoms with van der Waals surface area (Å²) in [6.07, 6.45) is 5.98. The van der Waals surface area contributed by atoms with E-state index < -0.39 is 0 Å². The molecule has 0 N–H and O–H groups in total. The molecule has 0 aromatic heterocycles. The Labute approximate surface area is 117 Å². The first kappa shape index (κ1) is 14.8. The van der Waals surface area contributed by atoms with E-state index in [1.165, 1.54) is 0 Å². The SMILES string of the molecule is CCC(C)C(C)(C)CC(=O)OCC1CCC2OC2C1. The second-order valence-corrected chi connectivity index (χ2v) is 7.05. The van der Waals surface area contributed by atoms with Crippen LogP contribution in [0.4, 0.5) is 0 Å². The molecule has 0 spiro atoms. The van der Waals surface area contributed by atoms with Gasteiger partial charge in [0.2, 0.25) is 0 Å². The Hall–Kier alpha value is -0.570. The van der Waals surface area contributed by atoms with E-state index in [2.05, 4.69) is 27.7 Å². The van der Waals surface area contributed by atoms with Crippen LogP contribution in [-0.4, -0.2) is 24.8 Å². The summed E-state index contributed by atoms with van der Waals surface area (Å²) in [5.74, 6) is 1.01. The Balaban J connectivity index is 1.69. The number of carbonyl (C=O) groups is 1. The zero-order valence-corrected chi connectivity index (χ0v) is 12.8. The third-order valence-electron chi connectivity index (χ3n) is 5.14. The lowest BCUT2D eigenvalue weighted by Gasteiger charge is -2.30. The van der Waals surface area contributed by atoms with Crippen LogP contribution in [0, 0.1) is 17.3 Å². The molecule has 3 nitrogen and oxygen atoms in total. The molecule has 0 aromatic carbocycles. The summed E-state index contributed by atoms with van der Waals surface area (Å²) in [6, 6.07) is 0. The summed E-state index contributed by atoms with van der Waals surface area (Å²) in [6.45, 7) is 9.28. The van der Waals surface area contributed by atoms with E-state index in [0.29, 0.717) is 37.1 Å². The second kappa shape index (κ2) is 5.82. The highest BCUT2D eigenvalue weighted by molar-refractivity contribution is 5.70. The van der Waals surface area contributed by atoms with Crippen LogP contribution in [0.1, 0.15) is 59.8 Å². The summed E-state index contributed by atoms with van der Waals surface area (Å²) in [4.78, 5) is 12.0. The van der Waals surface area contributed by atoms with E-state index in [1.807, 2.05) is 0 Å². The van der Waals surface area contributed by atoms with Crippen LogP contribution in [0.2, 0.25) is 0 Å². The van der Waals surface area contributed by atoms with Crippen LogP contribution in [0.5, 0.6) is 0 Å². The lowest BCUT2D eigenvalue weighted by atomic mass is 9.76. The summed E-state index contributed by atoms with van der Waals surface area (Å²) >= 11 is 0. The smallest absolute Gasteiger partial charge is 0.306 e. The van der Waals surface area contributed by atoms with Crippen molar-refractivity contribution >= 4 is 5.97 Å². The quantitative estimate of drug-likeness (QED) is 0.546. The number of fused-ring (bicyclic) bond motifs is 1. The van der Waals surface area contributed by atoms with Gasteiger partial charge < -0.3 is 9.47 Å². The van der Waals surface area contributed by atoms with Gasteiger partial charge in [0.15, 0.2) is 0 Å². The molecule has 4 atom stereocenters. The highest BCUT2D eigenvalue weighted by Crippen LogP contribution is 2.39. The topological polar surface area (TPSA) is 38.8 Å². The lowest BCUT2D eigenvalue weighted by Crippen LogP contribution is -2.27. The summed E-state index contributed by atoms with van der Waals surface area (Å²) in [5.41, 5.74) is 0.0309. The van der Waals surface area contributed by atoms with Crippen molar-refractivity contribution in [3.63, 3.8) is 0 Å². The van der Waals surface area contributed by atoms with E-state index in [9.17, 15) is 4.79 Å². The molecule has 0 bridgehead atoms. The fourth-order valence-corrected chi connectivity index (χ4v) is 3.00. The third-order valence-corrected chi connectivity index (χ3v) is 5.14. The van der Waals surface area contributed by atoms with Crippen molar-refractivity contribution in [2.45, 2.75) is 72.0 Å². The Morgan fingerprint density at radius 3 is 2.74 bits per heavy atom. The standard InChI is InChI=1S/C16H28O3/c1-5-11(2)16(3,4)9-15(17)18-10-12-6-7-13-14(8-12)19-13/h11-14H,5-10H2,1-4H3. The van der Waals surface area contributed by atoms with Gasteiger partial charge in [0, 0.05) is 0 Å². The highest BCUT2D eigenvalue weighted by atomic mass is 16.6. The molecule has 1 saturated heterocycles. The van der Waals surface area contributed by atoms with Crippen LogP contribution in [-0.2, 0) is 14.3 Å². The minimum Gasteiger partial charge on any atom is -0.465 e. The monoisotopic (exact) mass is 268 g/mol. The Kier molecular flexibility index (Phi) is 4.54. The fraction of sp³-hybridized carbons (Fsp3) is 0.938. The normalized spacial score (nSPS) is 31.5. The molecule has 0 aromatic rings. The van der Waals surface area contributed by atoms with Crippen LogP contribution < -0.4 is 0 Å². The highest BCUT2D eigenvalue weighted by Gasteiger charge is 2.44. The number of carbonyl (C=O) groups excluding carboxylic acids is 1. The van der Waals surface area contributed by atoms with Gasteiger partial charge in [-0.3, -0.25) is 4.79 Å². The van der Waals surface area contributed by atoms with Crippen molar-refractivity contribution in [3.8, 4) is 0 Å². The van der Waals surface area contributed by atoms with Crippen molar-refractivity contribution in [2.24, 2.45) is 17.3 Å². The van der Waals surface area contributed by atoms with Gasteiger partial charge in [-0.1, -0.05) is 34.1 Å². The van der Waals surface area contributed by atoms with Gasteiger partial charge >= 0.3 is 5.97 Å². The lowest BCUT2D eigenvalue weighted by molar-refractivity contribution is -0.148. The van der Waals surface area contributed by atoms with Crippen molar-refractivity contribution in [3.05, 3.63) is 0 Å². The predicted molar refractivity (Wildman–Crippen MR) is 74.8 cm³/mol. The number of hydrogen-bond donors (Lipinski definition) is 0. The van der Waals surface area contributed by atoms with E-state index in [-0.39, 0.29) is 11.4 Å². The molecule has 4 unspecified atom stereocenters. The molecule has 1 heterocycles. The number of epoxide rings is 1. The van der Waals surface area contributed by atoms with Crippen molar-refractivity contribution in [1.29, 1.82) is 0 Å². The Morgan fingerprint density at radius 1 is 1.37 bits per heavy atom. The minimum absolute atomic E-state index is 0.0309. The number of rotatable bonds is 6. The number of ether oxygens (including phenoxy) is 2. The van der Waals surface area contributed by atoms with Gasteiger partial charge in [-0.25, -0.2) is 0 Å². The predicted octanol–water partition coefficient (Wildman–Crippen LogP) is 3.56. The van der Waals surface area contributed by atoms with E-state index in [4.69, 9.17) is 9.47 Å².